The van der Waals surface area contributed by atoms with Gasteiger partial charge in [0.1, 0.15) is 12.1 Å². The summed E-state index contributed by atoms with van der Waals surface area (Å²) in [5, 5.41) is 0. The molecule has 1 N–H and O–H groups in total. The van der Waals surface area contributed by atoms with E-state index in [0.29, 0.717) is 0 Å². The zero-order valence-corrected chi connectivity index (χ0v) is 7.08. The maximum atomic E-state index is 3.93. The Kier molecular flexibility index (Phi) is 2.21. The van der Waals surface area contributed by atoms with Gasteiger partial charge < -0.3 is 3.53 Å². The number of hydrogen-bond donors (Lipinski definition) is 1. The Balaban J connectivity index is 2.94. The van der Waals surface area contributed by atoms with Crippen molar-refractivity contribution in [2.45, 2.75) is 6.92 Å². The van der Waals surface area contributed by atoms with Crippen molar-refractivity contribution in [2.24, 2.45) is 0 Å². The van der Waals surface area contributed by atoms with Crippen LogP contribution in [0.3, 0.4) is 0 Å². The molecule has 1 aromatic rings. The van der Waals surface area contributed by atoms with Crippen LogP contribution >= 0.6 is 22.9 Å². The highest BCUT2D eigenvalue weighted by Crippen LogP contribution is 2.03. The number of aryl methyl sites for hydroxylation is 1. The summed E-state index contributed by atoms with van der Waals surface area (Å²) < 4.78 is 2.89. The molecule has 1 rings (SSSR count). The summed E-state index contributed by atoms with van der Waals surface area (Å²) in [6, 6.07) is 1.88. The van der Waals surface area contributed by atoms with Gasteiger partial charge in [-0.2, -0.15) is 0 Å². The predicted octanol–water partition coefficient (Wildman–Crippen LogP) is 1.55. The van der Waals surface area contributed by atoms with Crippen LogP contribution in [0, 0.1) is 6.92 Å². The third-order valence-electron chi connectivity index (χ3n) is 0.901. The van der Waals surface area contributed by atoms with Crippen molar-refractivity contribution in [3.05, 3.63) is 18.1 Å². The fourth-order valence-corrected chi connectivity index (χ4v) is 0.801. The highest BCUT2D eigenvalue weighted by atomic mass is 127. The molecule has 0 radical (unpaired) electrons. The van der Waals surface area contributed by atoms with Gasteiger partial charge in [0.05, 0.1) is 22.9 Å². The van der Waals surface area contributed by atoms with Crippen molar-refractivity contribution in [1.82, 2.24) is 9.97 Å². The Morgan fingerprint density at radius 3 is 2.78 bits per heavy atom. The van der Waals surface area contributed by atoms with E-state index < -0.39 is 0 Å². The summed E-state index contributed by atoms with van der Waals surface area (Å²) in [5.41, 5.74) is 0.976. The fraction of sp³-hybridized carbons (Fsp3) is 0.200. The molecule has 1 aromatic heterocycles. The summed E-state index contributed by atoms with van der Waals surface area (Å²) in [4.78, 5) is 7.86. The molecule has 0 saturated carbocycles. The second kappa shape index (κ2) is 2.95. The van der Waals surface area contributed by atoms with Gasteiger partial charge in [-0.15, -0.1) is 0 Å². The molecule has 0 atom stereocenters. The Bertz CT molecular complexity index is 201. The molecule has 48 valence electrons. The van der Waals surface area contributed by atoms with Crippen LogP contribution in [-0.2, 0) is 0 Å². The highest BCUT2D eigenvalue weighted by Gasteiger charge is 1.88. The average molecular weight is 235 g/mol. The van der Waals surface area contributed by atoms with Crippen molar-refractivity contribution in [2.75, 3.05) is 3.53 Å². The molecule has 9 heavy (non-hydrogen) atoms. The first-order valence-corrected chi connectivity index (χ1v) is 3.56. The molecule has 3 nitrogen and oxygen atoms in total. The number of nitrogens with one attached hydrogen (secondary N) is 1. The maximum absolute atomic E-state index is 3.93. The van der Waals surface area contributed by atoms with E-state index in [2.05, 4.69) is 13.5 Å². The van der Waals surface area contributed by atoms with Gasteiger partial charge in [0.2, 0.25) is 0 Å². The van der Waals surface area contributed by atoms with Crippen molar-refractivity contribution in [3.8, 4) is 0 Å². The van der Waals surface area contributed by atoms with E-state index in [1.54, 1.807) is 0 Å². The second-order valence-corrected chi connectivity index (χ2v) is 2.18. The van der Waals surface area contributed by atoms with Crippen LogP contribution in [-0.4, -0.2) is 9.97 Å². The van der Waals surface area contributed by atoms with Crippen LogP contribution in [0.4, 0.5) is 5.82 Å². The first kappa shape index (κ1) is 6.73. The Morgan fingerprint density at radius 2 is 2.33 bits per heavy atom. The molecule has 0 aliphatic rings. The summed E-state index contributed by atoms with van der Waals surface area (Å²) in [6.07, 6.45) is 1.54. The van der Waals surface area contributed by atoms with Gasteiger partial charge in [-0.1, -0.05) is 0 Å². The number of anilines is 1. The maximum Gasteiger partial charge on any atom is 0.138 e. The molecular weight excluding hydrogens is 229 g/mol. The lowest BCUT2D eigenvalue weighted by atomic mass is 10.4. The van der Waals surface area contributed by atoms with Crippen LogP contribution < -0.4 is 3.53 Å². The van der Waals surface area contributed by atoms with Crippen molar-refractivity contribution in [3.63, 3.8) is 0 Å². The molecular formula is C5H6IN3. The normalized spacial score (nSPS) is 9.11. The molecule has 0 saturated heterocycles. The quantitative estimate of drug-likeness (QED) is 0.592. The molecule has 0 aliphatic heterocycles. The summed E-state index contributed by atoms with van der Waals surface area (Å²) in [5.74, 6) is 0.850. The van der Waals surface area contributed by atoms with E-state index in [4.69, 9.17) is 0 Å². The molecule has 1 heterocycles. The minimum Gasteiger partial charge on any atom is -0.313 e. The smallest absolute Gasteiger partial charge is 0.138 e. The largest absolute Gasteiger partial charge is 0.313 e. The standard InChI is InChI=1S/C5H6IN3/c1-4-2-5(9-6)8-3-7-4/h2-3H,1H3,(H,7,8,9). The van der Waals surface area contributed by atoms with Gasteiger partial charge in [-0.25, -0.2) is 9.97 Å². The molecule has 0 aromatic carbocycles. The van der Waals surface area contributed by atoms with Gasteiger partial charge in [-0.3, -0.25) is 0 Å². The number of aromatic nitrogens is 2. The second-order valence-electron chi connectivity index (χ2n) is 1.64. The zero-order chi connectivity index (χ0) is 6.69. The minimum absolute atomic E-state index is 0.850. The monoisotopic (exact) mass is 235 g/mol. The van der Waals surface area contributed by atoms with Gasteiger partial charge in [-0.05, 0) is 6.92 Å². The number of hydrogen-bond acceptors (Lipinski definition) is 3. The molecule has 0 amide bonds. The SMILES string of the molecule is Cc1cc(NI)ncn1. The lowest BCUT2D eigenvalue weighted by Crippen LogP contribution is -1.87. The Hall–Kier alpha value is -0.390. The minimum atomic E-state index is 0.850. The molecule has 0 bridgehead atoms. The third-order valence-corrected chi connectivity index (χ3v) is 1.45. The highest BCUT2D eigenvalue weighted by molar-refractivity contribution is 14.1. The number of nitrogens with zero attached hydrogens (tertiary/aromatic N) is 2. The Morgan fingerprint density at radius 1 is 1.56 bits per heavy atom. The molecule has 0 spiro atoms. The first-order chi connectivity index (χ1) is 4.33. The molecule has 0 fully saturated rings. The molecule has 4 heteroatoms. The van der Waals surface area contributed by atoms with E-state index in [1.807, 2.05) is 35.9 Å². The first-order valence-electron chi connectivity index (χ1n) is 2.48. The topological polar surface area (TPSA) is 37.8 Å². The predicted molar refractivity (Wildman–Crippen MR) is 44.4 cm³/mol. The van der Waals surface area contributed by atoms with E-state index in [0.717, 1.165) is 11.5 Å². The summed E-state index contributed by atoms with van der Waals surface area (Å²) in [6.45, 7) is 1.93. The average Bonchev–Trinajstić information content (AvgIpc) is 1.88. The molecule has 0 unspecified atom stereocenters. The van der Waals surface area contributed by atoms with Crippen LogP contribution in [0.1, 0.15) is 5.69 Å². The van der Waals surface area contributed by atoms with Crippen LogP contribution in [0.15, 0.2) is 12.4 Å². The van der Waals surface area contributed by atoms with Crippen molar-refractivity contribution < 1.29 is 0 Å². The summed E-state index contributed by atoms with van der Waals surface area (Å²) in [7, 11) is 0. The summed E-state index contributed by atoms with van der Waals surface area (Å²) >= 11 is 2.03. The van der Waals surface area contributed by atoms with Gasteiger partial charge in [0.15, 0.2) is 0 Å². The van der Waals surface area contributed by atoms with Gasteiger partial charge in [0.25, 0.3) is 0 Å². The lowest BCUT2D eigenvalue weighted by molar-refractivity contribution is 1.11. The Labute approximate surface area is 67.4 Å². The van der Waals surface area contributed by atoms with Crippen LogP contribution in [0.2, 0.25) is 0 Å². The van der Waals surface area contributed by atoms with E-state index in [-0.39, 0.29) is 0 Å². The van der Waals surface area contributed by atoms with Gasteiger partial charge >= 0.3 is 0 Å². The van der Waals surface area contributed by atoms with E-state index in [1.165, 1.54) is 6.33 Å². The van der Waals surface area contributed by atoms with E-state index >= 15 is 0 Å². The van der Waals surface area contributed by atoms with Crippen LogP contribution in [0.5, 0.6) is 0 Å². The number of halogens is 1. The molecule has 0 aliphatic carbocycles. The number of rotatable bonds is 1. The van der Waals surface area contributed by atoms with Crippen LogP contribution in [0.25, 0.3) is 0 Å². The van der Waals surface area contributed by atoms with Gasteiger partial charge in [0, 0.05) is 11.8 Å². The lowest BCUT2D eigenvalue weighted by Gasteiger charge is -1.94. The zero-order valence-electron chi connectivity index (χ0n) is 4.93. The van der Waals surface area contributed by atoms with Crippen molar-refractivity contribution >= 4 is 28.7 Å². The van der Waals surface area contributed by atoms with Crippen molar-refractivity contribution in [1.29, 1.82) is 0 Å². The van der Waals surface area contributed by atoms with E-state index in [9.17, 15) is 0 Å². The third kappa shape index (κ3) is 1.78. The fourth-order valence-electron chi connectivity index (χ4n) is 0.506.